The Balaban J connectivity index is 2.01. The van der Waals surface area contributed by atoms with E-state index in [1.54, 1.807) is 51.5 Å². The fourth-order valence-electron chi connectivity index (χ4n) is 1.93. The van der Waals surface area contributed by atoms with E-state index in [1.807, 2.05) is 12.1 Å². The van der Waals surface area contributed by atoms with Gasteiger partial charge in [0, 0.05) is 16.2 Å². The summed E-state index contributed by atoms with van der Waals surface area (Å²) in [6.07, 6.45) is -0.635. The molecule has 0 fully saturated rings. The van der Waals surface area contributed by atoms with E-state index in [0.29, 0.717) is 22.9 Å². The normalized spacial score (nSPS) is 11.5. The molecule has 0 saturated heterocycles. The van der Waals surface area contributed by atoms with Crippen LogP contribution in [0.1, 0.15) is 6.92 Å². The van der Waals surface area contributed by atoms with Crippen molar-refractivity contribution in [3.8, 4) is 17.2 Å². The van der Waals surface area contributed by atoms with Gasteiger partial charge in [-0.05, 0) is 43.3 Å². The summed E-state index contributed by atoms with van der Waals surface area (Å²) in [7, 11) is 3.10. The number of rotatable bonds is 6. The van der Waals surface area contributed by atoms with Gasteiger partial charge in [-0.1, -0.05) is 15.9 Å². The predicted molar refractivity (Wildman–Crippen MR) is 92.4 cm³/mol. The number of amides is 1. The second-order valence-corrected chi connectivity index (χ2v) is 5.69. The smallest absolute Gasteiger partial charge is 0.265 e. The van der Waals surface area contributed by atoms with Crippen molar-refractivity contribution in [1.82, 2.24) is 0 Å². The highest BCUT2D eigenvalue weighted by molar-refractivity contribution is 9.10. The van der Waals surface area contributed by atoms with Gasteiger partial charge in [-0.2, -0.15) is 0 Å². The molecule has 2 aromatic rings. The molecule has 2 rings (SSSR count). The second-order valence-electron chi connectivity index (χ2n) is 4.77. The van der Waals surface area contributed by atoms with Crippen molar-refractivity contribution in [1.29, 1.82) is 0 Å². The zero-order chi connectivity index (χ0) is 16.8. The average molecular weight is 380 g/mol. The van der Waals surface area contributed by atoms with Gasteiger partial charge in [0.15, 0.2) is 17.6 Å². The molecule has 1 unspecified atom stereocenters. The van der Waals surface area contributed by atoms with Crippen LogP contribution < -0.4 is 19.5 Å². The van der Waals surface area contributed by atoms with Crippen LogP contribution in [0.3, 0.4) is 0 Å². The lowest BCUT2D eigenvalue weighted by atomic mass is 10.2. The van der Waals surface area contributed by atoms with Crippen molar-refractivity contribution in [3.05, 3.63) is 46.9 Å². The standard InChI is InChI=1S/C17H18BrNO4/c1-11(23-14-7-4-12(18)5-8-14)17(20)19-13-6-9-15(21-2)16(10-13)22-3/h4-11H,1-3H3,(H,19,20). The van der Waals surface area contributed by atoms with Gasteiger partial charge in [0.1, 0.15) is 5.75 Å². The minimum Gasteiger partial charge on any atom is -0.493 e. The maximum atomic E-state index is 12.2. The molecule has 122 valence electrons. The summed E-state index contributed by atoms with van der Waals surface area (Å²) in [5, 5.41) is 2.79. The van der Waals surface area contributed by atoms with Crippen molar-refractivity contribution >= 4 is 27.5 Å². The van der Waals surface area contributed by atoms with Gasteiger partial charge in [-0.15, -0.1) is 0 Å². The lowest BCUT2D eigenvalue weighted by Gasteiger charge is -2.15. The number of carbonyl (C=O) groups is 1. The molecule has 0 saturated carbocycles. The van der Waals surface area contributed by atoms with Crippen LogP contribution in [-0.2, 0) is 4.79 Å². The first-order chi connectivity index (χ1) is 11.0. The summed E-state index contributed by atoms with van der Waals surface area (Å²) < 4.78 is 16.9. The van der Waals surface area contributed by atoms with Crippen LogP contribution in [-0.4, -0.2) is 26.2 Å². The fourth-order valence-corrected chi connectivity index (χ4v) is 2.19. The third-order valence-electron chi connectivity index (χ3n) is 3.15. The van der Waals surface area contributed by atoms with Gasteiger partial charge in [-0.25, -0.2) is 0 Å². The van der Waals surface area contributed by atoms with Crippen LogP contribution in [0, 0.1) is 0 Å². The molecule has 0 aliphatic rings. The third kappa shape index (κ3) is 4.63. The molecule has 1 atom stereocenters. The molecule has 6 heteroatoms. The van der Waals surface area contributed by atoms with E-state index in [-0.39, 0.29) is 5.91 Å². The quantitative estimate of drug-likeness (QED) is 0.827. The van der Waals surface area contributed by atoms with Gasteiger partial charge in [0.05, 0.1) is 14.2 Å². The highest BCUT2D eigenvalue weighted by atomic mass is 79.9. The average Bonchev–Trinajstić information content (AvgIpc) is 2.56. The van der Waals surface area contributed by atoms with Crippen molar-refractivity contribution in [2.75, 3.05) is 19.5 Å². The van der Waals surface area contributed by atoms with E-state index in [4.69, 9.17) is 14.2 Å². The lowest BCUT2D eigenvalue weighted by molar-refractivity contribution is -0.122. The Kier molecular flexibility index (Phi) is 5.87. The van der Waals surface area contributed by atoms with E-state index in [0.717, 1.165) is 4.47 Å². The SMILES string of the molecule is COc1ccc(NC(=O)C(C)Oc2ccc(Br)cc2)cc1OC. The van der Waals surface area contributed by atoms with Crippen LogP contribution in [0.15, 0.2) is 46.9 Å². The van der Waals surface area contributed by atoms with Crippen LogP contribution in [0.5, 0.6) is 17.2 Å². The molecule has 0 aromatic heterocycles. The first-order valence-electron chi connectivity index (χ1n) is 6.98. The van der Waals surface area contributed by atoms with Crippen LogP contribution in [0.25, 0.3) is 0 Å². The van der Waals surface area contributed by atoms with Gasteiger partial charge < -0.3 is 19.5 Å². The van der Waals surface area contributed by atoms with Gasteiger partial charge >= 0.3 is 0 Å². The lowest BCUT2D eigenvalue weighted by Crippen LogP contribution is -2.30. The number of benzene rings is 2. The number of nitrogens with one attached hydrogen (secondary N) is 1. The van der Waals surface area contributed by atoms with Gasteiger partial charge in [0.2, 0.25) is 0 Å². The molecule has 1 N–H and O–H groups in total. The third-order valence-corrected chi connectivity index (χ3v) is 3.68. The molecule has 0 spiro atoms. The minimum atomic E-state index is -0.635. The van der Waals surface area contributed by atoms with Crippen LogP contribution >= 0.6 is 15.9 Å². The first kappa shape index (κ1) is 17.1. The topological polar surface area (TPSA) is 56.8 Å². The molecule has 0 aliphatic carbocycles. The zero-order valence-electron chi connectivity index (χ0n) is 13.1. The molecule has 0 aliphatic heterocycles. The van der Waals surface area contributed by atoms with Crippen molar-refractivity contribution in [3.63, 3.8) is 0 Å². The molecule has 23 heavy (non-hydrogen) atoms. The summed E-state index contributed by atoms with van der Waals surface area (Å²) in [5.41, 5.74) is 0.610. The summed E-state index contributed by atoms with van der Waals surface area (Å²) in [4.78, 5) is 12.2. The number of ether oxygens (including phenoxy) is 3. The summed E-state index contributed by atoms with van der Waals surface area (Å²) >= 11 is 3.35. The number of anilines is 1. The molecule has 1 amide bonds. The molecular weight excluding hydrogens is 362 g/mol. The first-order valence-corrected chi connectivity index (χ1v) is 7.78. The summed E-state index contributed by atoms with van der Waals surface area (Å²) in [5.74, 6) is 1.53. The maximum Gasteiger partial charge on any atom is 0.265 e. The number of carbonyl (C=O) groups excluding carboxylic acids is 1. The summed E-state index contributed by atoms with van der Waals surface area (Å²) in [6.45, 7) is 1.69. The summed E-state index contributed by atoms with van der Waals surface area (Å²) in [6, 6.07) is 12.5. The minimum absolute atomic E-state index is 0.250. The van der Waals surface area contributed by atoms with Crippen molar-refractivity contribution < 1.29 is 19.0 Å². The Bertz CT molecular complexity index is 673. The van der Waals surface area contributed by atoms with Crippen molar-refractivity contribution in [2.24, 2.45) is 0 Å². The van der Waals surface area contributed by atoms with E-state index < -0.39 is 6.10 Å². The predicted octanol–water partition coefficient (Wildman–Crippen LogP) is 3.87. The molecule has 0 bridgehead atoms. The van der Waals surface area contributed by atoms with Gasteiger partial charge in [0.25, 0.3) is 5.91 Å². The highest BCUT2D eigenvalue weighted by Crippen LogP contribution is 2.29. The van der Waals surface area contributed by atoms with Crippen LogP contribution in [0.4, 0.5) is 5.69 Å². The second kappa shape index (κ2) is 7.87. The molecule has 0 heterocycles. The molecule has 5 nitrogen and oxygen atoms in total. The zero-order valence-corrected chi connectivity index (χ0v) is 14.7. The van der Waals surface area contributed by atoms with Crippen molar-refractivity contribution in [2.45, 2.75) is 13.0 Å². The Morgan fingerprint density at radius 3 is 2.30 bits per heavy atom. The van der Waals surface area contributed by atoms with E-state index in [2.05, 4.69) is 21.2 Å². The Morgan fingerprint density at radius 2 is 1.70 bits per heavy atom. The molecule has 2 aromatic carbocycles. The number of methoxy groups -OCH3 is 2. The monoisotopic (exact) mass is 379 g/mol. The molecule has 0 radical (unpaired) electrons. The Morgan fingerprint density at radius 1 is 1.04 bits per heavy atom. The Labute approximate surface area is 143 Å². The molecular formula is C17H18BrNO4. The number of hydrogen-bond acceptors (Lipinski definition) is 4. The largest absolute Gasteiger partial charge is 0.493 e. The maximum absolute atomic E-state index is 12.2. The Hall–Kier alpha value is -2.21. The fraction of sp³-hybridized carbons (Fsp3) is 0.235. The van der Waals surface area contributed by atoms with E-state index in [1.165, 1.54) is 0 Å². The van der Waals surface area contributed by atoms with E-state index in [9.17, 15) is 4.79 Å². The number of hydrogen-bond donors (Lipinski definition) is 1. The number of halogens is 1. The van der Waals surface area contributed by atoms with E-state index >= 15 is 0 Å². The van der Waals surface area contributed by atoms with Gasteiger partial charge in [-0.3, -0.25) is 4.79 Å². The highest BCUT2D eigenvalue weighted by Gasteiger charge is 2.16. The van der Waals surface area contributed by atoms with Crippen LogP contribution in [0.2, 0.25) is 0 Å².